The lowest BCUT2D eigenvalue weighted by atomic mass is 9.99. The van der Waals surface area contributed by atoms with Crippen molar-refractivity contribution in [1.29, 1.82) is 0 Å². The number of rotatable bonds is 7. The molecule has 2 nitrogen and oxygen atoms in total. The molecular weight excluding hydrogens is 285 g/mol. The Morgan fingerprint density at radius 3 is 2.86 bits per heavy atom. The normalized spacial score (nSPS) is 12.4. The molecule has 0 spiro atoms. The number of hydrogen-bond acceptors (Lipinski definition) is 3. The third-order valence-electron chi connectivity index (χ3n) is 3.57. The Morgan fingerprint density at radius 2 is 2.14 bits per heavy atom. The van der Waals surface area contributed by atoms with E-state index in [9.17, 15) is 4.39 Å². The van der Waals surface area contributed by atoms with Gasteiger partial charge < -0.3 is 10.1 Å². The largest absolute Gasteiger partial charge is 0.496 e. The minimum atomic E-state index is -0.178. The lowest BCUT2D eigenvalue weighted by Gasteiger charge is -2.20. The molecular formula is C17H22FNOS. The van der Waals surface area contributed by atoms with Gasteiger partial charge in [-0.05, 0) is 61.0 Å². The predicted molar refractivity (Wildman–Crippen MR) is 86.7 cm³/mol. The third kappa shape index (κ3) is 4.05. The Labute approximate surface area is 130 Å². The van der Waals surface area contributed by atoms with Crippen molar-refractivity contribution >= 4 is 11.3 Å². The zero-order chi connectivity index (χ0) is 15.2. The molecule has 1 unspecified atom stereocenters. The summed E-state index contributed by atoms with van der Waals surface area (Å²) in [5, 5.41) is 5.58. The van der Waals surface area contributed by atoms with E-state index in [1.165, 1.54) is 10.9 Å². The van der Waals surface area contributed by atoms with Crippen LogP contribution in [0.2, 0.25) is 0 Å². The molecule has 0 radical (unpaired) electrons. The van der Waals surface area contributed by atoms with E-state index in [1.54, 1.807) is 24.5 Å². The Morgan fingerprint density at radius 1 is 1.33 bits per heavy atom. The summed E-state index contributed by atoms with van der Waals surface area (Å²) in [6.07, 6.45) is 1.83. The molecule has 0 fully saturated rings. The van der Waals surface area contributed by atoms with Crippen LogP contribution in [0, 0.1) is 12.7 Å². The first kappa shape index (κ1) is 16.0. The van der Waals surface area contributed by atoms with E-state index < -0.39 is 0 Å². The van der Waals surface area contributed by atoms with Crippen molar-refractivity contribution in [2.75, 3.05) is 13.7 Å². The molecule has 4 heteroatoms. The molecule has 114 valence electrons. The smallest absolute Gasteiger partial charge is 0.134 e. The standard InChI is InChI=1S/C17H22FNOS/c1-4-8-19-15(17-16(20-3)7-9-21-17)11-13-10-14(18)6-5-12(13)2/h5-7,9-10,15,19H,4,8,11H2,1-3H3. The fourth-order valence-corrected chi connectivity index (χ4v) is 3.32. The average molecular weight is 307 g/mol. The lowest BCUT2D eigenvalue weighted by molar-refractivity contribution is 0.402. The van der Waals surface area contributed by atoms with Gasteiger partial charge in [-0.1, -0.05) is 13.0 Å². The molecule has 1 aromatic heterocycles. The zero-order valence-corrected chi connectivity index (χ0v) is 13.6. The molecule has 1 aromatic carbocycles. The van der Waals surface area contributed by atoms with Crippen molar-refractivity contribution in [1.82, 2.24) is 5.32 Å². The molecule has 0 aliphatic heterocycles. The summed E-state index contributed by atoms with van der Waals surface area (Å²) >= 11 is 1.68. The maximum atomic E-state index is 13.5. The maximum absolute atomic E-state index is 13.5. The Hall–Kier alpha value is -1.39. The second kappa shape index (κ2) is 7.57. The van der Waals surface area contributed by atoms with E-state index in [4.69, 9.17) is 4.74 Å². The molecule has 2 rings (SSSR count). The van der Waals surface area contributed by atoms with Crippen LogP contribution < -0.4 is 10.1 Å². The van der Waals surface area contributed by atoms with Crippen molar-refractivity contribution < 1.29 is 9.13 Å². The molecule has 21 heavy (non-hydrogen) atoms. The lowest BCUT2D eigenvalue weighted by Crippen LogP contribution is -2.24. The monoisotopic (exact) mass is 307 g/mol. The quantitative estimate of drug-likeness (QED) is 0.814. The number of thiophene rings is 1. The number of halogens is 1. The summed E-state index contributed by atoms with van der Waals surface area (Å²) in [5.74, 6) is 0.727. The molecule has 0 saturated heterocycles. The molecule has 1 atom stereocenters. The van der Waals surface area contributed by atoms with E-state index in [2.05, 4.69) is 12.2 Å². The highest BCUT2D eigenvalue weighted by Crippen LogP contribution is 2.33. The summed E-state index contributed by atoms with van der Waals surface area (Å²) in [6.45, 7) is 5.10. The average Bonchev–Trinajstić information content (AvgIpc) is 2.95. The van der Waals surface area contributed by atoms with Crippen molar-refractivity contribution in [3.8, 4) is 5.75 Å². The number of hydrogen-bond donors (Lipinski definition) is 1. The molecule has 0 aliphatic carbocycles. The highest BCUT2D eigenvalue weighted by atomic mass is 32.1. The molecule has 0 saturated carbocycles. The van der Waals surface area contributed by atoms with Gasteiger partial charge in [0.1, 0.15) is 11.6 Å². The van der Waals surface area contributed by atoms with Crippen molar-refractivity contribution in [2.45, 2.75) is 32.7 Å². The fourth-order valence-electron chi connectivity index (χ4n) is 2.39. The Bertz CT molecular complexity index is 582. The first-order valence-electron chi connectivity index (χ1n) is 7.25. The van der Waals surface area contributed by atoms with E-state index in [1.807, 2.05) is 24.4 Å². The van der Waals surface area contributed by atoms with Crippen molar-refractivity contribution in [3.05, 3.63) is 51.5 Å². The SMILES string of the molecule is CCCNC(Cc1cc(F)ccc1C)c1sccc1OC. The van der Waals surface area contributed by atoms with Gasteiger partial charge >= 0.3 is 0 Å². The van der Waals surface area contributed by atoms with Crippen LogP contribution in [0.5, 0.6) is 5.75 Å². The summed E-state index contributed by atoms with van der Waals surface area (Å²) in [5.41, 5.74) is 2.16. The number of benzene rings is 1. The van der Waals surface area contributed by atoms with Crippen LogP contribution in [-0.4, -0.2) is 13.7 Å². The Balaban J connectivity index is 2.26. The summed E-state index contributed by atoms with van der Waals surface area (Å²) in [7, 11) is 1.69. The van der Waals surface area contributed by atoms with Gasteiger partial charge in [-0.2, -0.15) is 0 Å². The first-order chi connectivity index (χ1) is 10.2. The first-order valence-corrected chi connectivity index (χ1v) is 8.13. The molecule has 0 bridgehead atoms. The second-order valence-electron chi connectivity index (χ2n) is 5.13. The minimum absolute atomic E-state index is 0.153. The van der Waals surface area contributed by atoms with Crippen LogP contribution in [0.25, 0.3) is 0 Å². The maximum Gasteiger partial charge on any atom is 0.134 e. The van der Waals surface area contributed by atoms with Gasteiger partial charge in [0.15, 0.2) is 0 Å². The third-order valence-corrected chi connectivity index (χ3v) is 4.58. The van der Waals surface area contributed by atoms with E-state index >= 15 is 0 Å². The van der Waals surface area contributed by atoms with Gasteiger partial charge in [0, 0.05) is 6.04 Å². The molecule has 1 heterocycles. The van der Waals surface area contributed by atoms with E-state index in [-0.39, 0.29) is 11.9 Å². The van der Waals surface area contributed by atoms with E-state index in [0.717, 1.165) is 36.3 Å². The number of aryl methyl sites for hydroxylation is 1. The van der Waals surface area contributed by atoms with Crippen LogP contribution >= 0.6 is 11.3 Å². The highest BCUT2D eigenvalue weighted by Gasteiger charge is 2.18. The molecule has 1 N–H and O–H groups in total. The van der Waals surface area contributed by atoms with Gasteiger partial charge in [0.05, 0.1) is 12.0 Å². The second-order valence-corrected chi connectivity index (χ2v) is 6.08. The van der Waals surface area contributed by atoms with Crippen LogP contribution in [0.3, 0.4) is 0 Å². The summed E-state index contributed by atoms with van der Waals surface area (Å²) in [6, 6.07) is 7.13. The van der Waals surface area contributed by atoms with Crippen LogP contribution in [0.1, 0.15) is 35.4 Å². The molecule has 0 aliphatic rings. The molecule has 0 amide bonds. The van der Waals surface area contributed by atoms with Crippen LogP contribution in [0.4, 0.5) is 4.39 Å². The highest BCUT2D eigenvalue weighted by molar-refractivity contribution is 7.10. The van der Waals surface area contributed by atoms with Gasteiger partial charge in [-0.3, -0.25) is 0 Å². The number of ether oxygens (including phenoxy) is 1. The van der Waals surface area contributed by atoms with E-state index in [0.29, 0.717) is 0 Å². The van der Waals surface area contributed by atoms with Gasteiger partial charge in [-0.25, -0.2) is 4.39 Å². The fraction of sp³-hybridized carbons (Fsp3) is 0.412. The number of methoxy groups -OCH3 is 1. The van der Waals surface area contributed by atoms with Gasteiger partial charge in [0.2, 0.25) is 0 Å². The zero-order valence-electron chi connectivity index (χ0n) is 12.8. The molecule has 2 aromatic rings. The van der Waals surface area contributed by atoms with Crippen LogP contribution in [0.15, 0.2) is 29.6 Å². The summed E-state index contributed by atoms with van der Waals surface area (Å²) < 4.78 is 18.9. The summed E-state index contributed by atoms with van der Waals surface area (Å²) in [4.78, 5) is 1.18. The Kier molecular flexibility index (Phi) is 5.76. The van der Waals surface area contributed by atoms with Crippen molar-refractivity contribution in [3.63, 3.8) is 0 Å². The number of nitrogens with one attached hydrogen (secondary N) is 1. The van der Waals surface area contributed by atoms with Gasteiger partial charge in [0.25, 0.3) is 0 Å². The minimum Gasteiger partial charge on any atom is -0.496 e. The van der Waals surface area contributed by atoms with Crippen LogP contribution in [-0.2, 0) is 6.42 Å². The predicted octanol–water partition coefficient (Wildman–Crippen LogP) is 4.49. The van der Waals surface area contributed by atoms with Crippen molar-refractivity contribution in [2.24, 2.45) is 0 Å². The van der Waals surface area contributed by atoms with Gasteiger partial charge in [-0.15, -0.1) is 11.3 Å². The topological polar surface area (TPSA) is 21.3 Å².